The highest BCUT2D eigenvalue weighted by Crippen LogP contribution is 2.37. The molecule has 2 aliphatic rings. The molecule has 1 N–H and O–H groups in total. The topological polar surface area (TPSA) is 41.6 Å². The Labute approximate surface area is 126 Å². The fourth-order valence-electron chi connectivity index (χ4n) is 3.71. The van der Waals surface area contributed by atoms with Gasteiger partial charge in [0, 0.05) is 13.1 Å². The maximum Gasteiger partial charge on any atom is 0.238 e. The van der Waals surface area contributed by atoms with Gasteiger partial charge in [0.05, 0.1) is 18.8 Å². The van der Waals surface area contributed by atoms with Gasteiger partial charge in [-0.15, -0.1) is 0 Å². The molecule has 1 aliphatic heterocycles. The highest BCUT2D eigenvalue weighted by Gasteiger charge is 2.36. The van der Waals surface area contributed by atoms with Crippen LogP contribution >= 0.6 is 0 Å². The average molecular weight is 288 g/mol. The molecule has 2 atom stereocenters. The van der Waals surface area contributed by atoms with E-state index in [4.69, 9.17) is 4.74 Å². The van der Waals surface area contributed by atoms with Crippen LogP contribution in [0.4, 0.5) is 5.69 Å². The summed E-state index contributed by atoms with van der Waals surface area (Å²) in [6.45, 7) is 5.22. The quantitative estimate of drug-likeness (QED) is 0.906. The molecule has 0 spiro atoms. The van der Waals surface area contributed by atoms with Gasteiger partial charge in [-0.05, 0) is 43.7 Å². The van der Waals surface area contributed by atoms with E-state index in [1.807, 2.05) is 31.2 Å². The Kier molecular flexibility index (Phi) is 4.44. The maximum atomic E-state index is 12.2. The Hall–Kier alpha value is -1.55. The molecule has 1 aromatic rings. The molecule has 4 nitrogen and oxygen atoms in total. The molecule has 1 aromatic carbocycles. The van der Waals surface area contributed by atoms with Crippen LogP contribution in [0.15, 0.2) is 24.3 Å². The van der Waals surface area contributed by atoms with Gasteiger partial charge in [0.1, 0.15) is 5.75 Å². The molecule has 0 bridgehead atoms. The third-order valence-electron chi connectivity index (χ3n) is 4.63. The molecule has 114 valence electrons. The van der Waals surface area contributed by atoms with Crippen molar-refractivity contribution in [1.82, 2.24) is 4.90 Å². The number of likely N-dealkylation sites (tertiary alicyclic amines) is 1. The van der Waals surface area contributed by atoms with Gasteiger partial charge < -0.3 is 10.1 Å². The standard InChI is InChI=1S/C17H24N2O2/c1-2-21-16-9-4-3-8-15(16)18-17(20)12-19-10-13-6-5-7-14(13)11-19/h3-4,8-9,13-14H,2,5-7,10-12H2,1H3,(H,18,20). The van der Waals surface area contributed by atoms with E-state index in [1.54, 1.807) is 0 Å². The van der Waals surface area contributed by atoms with Crippen LogP contribution in [0.3, 0.4) is 0 Å². The van der Waals surface area contributed by atoms with Gasteiger partial charge in [0.2, 0.25) is 5.91 Å². The first-order valence-electron chi connectivity index (χ1n) is 8.00. The third kappa shape index (κ3) is 3.38. The number of hydrogen-bond acceptors (Lipinski definition) is 3. The van der Waals surface area contributed by atoms with Gasteiger partial charge in [-0.2, -0.15) is 0 Å². The molecule has 2 fully saturated rings. The van der Waals surface area contributed by atoms with Crippen molar-refractivity contribution in [3.05, 3.63) is 24.3 Å². The summed E-state index contributed by atoms with van der Waals surface area (Å²) >= 11 is 0. The van der Waals surface area contributed by atoms with Crippen LogP contribution in [0.2, 0.25) is 0 Å². The number of anilines is 1. The Morgan fingerprint density at radius 3 is 2.71 bits per heavy atom. The third-order valence-corrected chi connectivity index (χ3v) is 4.63. The van der Waals surface area contributed by atoms with Crippen molar-refractivity contribution in [2.24, 2.45) is 11.8 Å². The number of fused-ring (bicyclic) bond motifs is 1. The normalized spacial score (nSPS) is 24.8. The van der Waals surface area contributed by atoms with Gasteiger partial charge >= 0.3 is 0 Å². The van der Waals surface area contributed by atoms with E-state index in [9.17, 15) is 4.79 Å². The van der Waals surface area contributed by atoms with Crippen molar-refractivity contribution in [3.8, 4) is 5.75 Å². The summed E-state index contributed by atoms with van der Waals surface area (Å²) in [5, 5.41) is 2.98. The summed E-state index contributed by atoms with van der Waals surface area (Å²) in [7, 11) is 0. The summed E-state index contributed by atoms with van der Waals surface area (Å²) < 4.78 is 5.54. The number of hydrogen-bond donors (Lipinski definition) is 1. The minimum absolute atomic E-state index is 0.0575. The smallest absolute Gasteiger partial charge is 0.238 e. The second kappa shape index (κ2) is 6.48. The van der Waals surface area contributed by atoms with Gasteiger partial charge in [0.25, 0.3) is 0 Å². The average Bonchev–Trinajstić information content (AvgIpc) is 3.02. The lowest BCUT2D eigenvalue weighted by Crippen LogP contribution is -2.32. The first-order chi connectivity index (χ1) is 10.3. The maximum absolute atomic E-state index is 12.2. The van der Waals surface area contributed by atoms with E-state index in [0.717, 1.165) is 36.4 Å². The first-order valence-corrected chi connectivity index (χ1v) is 8.00. The molecule has 4 heteroatoms. The molecule has 21 heavy (non-hydrogen) atoms. The minimum atomic E-state index is 0.0575. The van der Waals surface area contributed by atoms with E-state index < -0.39 is 0 Å². The van der Waals surface area contributed by atoms with Crippen LogP contribution in [-0.4, -0.2) is 37.0 Å². The van der Waals surface area contributed by atoms with Crippen molar-refractivity contribution >= 4 is 11.6 Å². The second-order valence-electron chi connectivity index (χ2n) is 6.12. The Balaban J connectivity index is 1.55. The van der Waals surface area contributed by atoms with Crippen LogP contribution in [0.1, 0.15) is 26.2 Å². The van der Waals surface area contributed by atoms with Crippen molar-refractivity contribution in [1.29, 1.82) is 0 Å². The van der Waals surface area contributed by atoms with Crippen molar-refractivity contribution in [3.63, 3.8) is 0 Å². The van der Waals surface area contributed by atoms with Gasteiger partial charge in [-0.1, -0.05) is 18.6 Å². The zero-order valence-corrected chi connectivity index (χ0v) is 12.7. The number of amides is 1. The summed E-state index contributed by atoms with van der Waals surface area (Å²) in [4.78, 5) is 14.5. The predicted octanol–water partition coefficient (Wildman–Crippen LogP) is 2.76. The van der Waals surface area contributed by atoms with E-state index in [-0.39, 0.29) is 5.91 Å². The number of para-hydroxylation sites is 2. The van der Waals surface area contributed by atoms with Crippen LogP contribution in [0.5, 0.6) is 5.75 Å². The molecule has 0 aromatic heterocycles. The Morgan fingerprint density at radius 2 is 2.00 bits per heavy atom. The molecule has 1 saturated carbocycles. The fourth-order valence-corrected chi connectivity index (χ4v) is 3.71. The highest BCUT2D eigenvalue weighted by molar-refractivity contribution is 5.93. The number of carbonyl (C=O) groups is 1. The number of rotatable bonds is 5. The number of nitrogens with zero attached hydrogens (tertiary/aromatic N) is 1. The van der Waals surface area contributed by atoms with E-state index >= 15 is 0 Å². The Bertz CT molecular complexity index is 491. The van der Waals surface area contributed by atoms with Crippen LogP contribution < -0.4 is 10.1 Å². The van der Waals surface area contributed by atoms with E-state index in [2.05, 4.69) is 10.2 Å². The van der Waals surface area contributed by atoms with Crippen molar-refractivity contribution in [2.45, 2.75) is 26.2 Å². The molecule has 0 radical (unpaired) electrons. The molecule has 1 saturated heterocycles. The molecule has 2 unspecified atom stereocenters. The Morgan fingerprint density at radius 1 is 1.29 bits per heavy atom. The summed E-state index contributed by atoms with van der Waals surface area (Å²) in [5.41, 5.74) is 0.767. The molecule has 3 rings (SSSR count). The molecule has 1 heterocycles. The summed E-state index contributed by atoms with van der Waals surface area (Å²) in [6.07, 6.45) is 4.06. The second-order valence-corrected chi connectivity index (χ2v) is 6.12. The lowest BCUT2D eigenvalue weighted by Gasteiger charge is -2.17. The van der Waals surface area contributed by atoms with Crippen molar-refractivity contribution in [2.75, 3.05) is 31.6 Å². The molecule has 1 amide bonds. The van der Waals surface area contributed by atoms with Crippen LogP contribution in [0, 0.1) is 11.8 Å². The van der Waals surface area contributed by atoms with Gasteiger partial charge in [-0.3, -0.25) is 9.69 Å². The largest absolute Gasteiger partial charge is 0.492 e. The van der Waals surface area contributed by atoms with Gasteiger partial charge in [0.15, 0.2) is 0 Å². The number of benzene rings is 1. The van der Waals surface area contributed by atoms with Crippen LogP contribution in [-0.2, 0) is 4.79 Å². The first kappa shape index (κ1) is 14.4. The highest BCUT2D eigenvalue weighted by atomic mass is 16.5. The lowest BCUT2D eigenvalue weighted by atomic mass is 10.0. The monoisotopic (exact) mass is 288 g/mol. The zero-order chi connectivity index (χ0) is 14.7. The molecule has 1 aliphatic carbocycles. The summed E-state index contributed by atoms with van der Waals surface area (Å²) in [5.74, 6) is 2.45. The zero-order valence-electron chi connectivity index (χ0n) is 12.7. The molecular formula is C17H24N2O2. The molecular weight excluding hydrogens is 264 g/mol. The van der Waals surface area contributed by atoms with Gasteiger partial charge in [-0.25, -0.2) is 0 Å². The van der Waals surface area contributed by atoms with Crippen LogP contribution in [0.25, 0.3) is 0 Å². The number of carbonyl (C=O) groups excluding carboxylic acids is 1. The minimum Gasteiger partial charge on any atom is -0.492 e. The van der Waals surface area contributed by atoms with E-state index in [0.29, 0.717) is 13.2 Å². The van der Waals surface area contributed by atoms with E-state index in [1.165, 1.54) is 19.3 Å². The predicted molar refractivity (Wildman–Crippen MR) is 83.5 cm³/mol. The fraction of sp³-hybridized carbons (Fsp3) is 0.588. The lowest BCUT2D eigenvalue weighted by molar-refractivity contribution is -0.117. The number of nitrogens with one attached hydrogen (secondary N) is 1. The number of ether oxygens (including phenoxy) is 1. The SMILES string of the molecule is CCOc1ccccc1NC(=O)CN1CC2CCCC2C1. The summed E-state index contributed by atoms with van der Waals surface area (Å²) in [6, 6.07) is 7.61. The van der Waals surface area contributed by atoms with Crippen molar-refractivity contribution < 1.29 is 9.53 Å².